The van der Waals surface area contributed by atoms with Crippen LogP contribution in [0.3, 0.4) is 0 Å². The van der Waals surface area contributed by atoms with Gasteiger partial charge in [-0.25, -0.2) is 4.98 Å². The molecule has 0 radical (unpaired) electrons. The van der Waals surface area contributed by atoms with Crippen molar-refractivity contribution in [1.29, 1.82) is 0 Å². The van der Waals surface area contributed by atoms with Crippen LogP contribution in [0, 0.1) is 13.8 Å². The standard InChI is InChI=1S/C10H15N5O/c1-7-9(8(2)16-15-7)5-11-4-3-10-12-6-13-14-10/h6,11H,3-5H2,1-2H3,(H,12,13,14). The normalized spacial score (nSPS) is 10.9. The maximum atomic E-state index is 5.08. The van der Waals surface area contributed by atoms with Gasteiger partial charge in [-0.15, -0.1) is 0 Å². The summed E-state index contributed by atoms with van der Waals surface area (Å²) in [6, 6.07) is 0. The summed E-state index contributed by atoms with van der Waals surface area (Å²) >= 11 is 0. The van der Waals surface area contributed by atoms with E-state index in [-0.39, 0.29) is 0 Å². The molecule has 86 valence electrons. The summed E-state index contributed by atoms with van der Waals surface area (Å²) in [6.45, 7) is 5.49. The fourth-order valence-corrected chi connectivity index (χ4v) is 1.53. The molecule has 0 aliphatic heterocycles. The largest absolute Gasteiger partial charge is 0.361 e. The lowest BCUT2D eigenvalue weighted by Gasteiger charge is -2.02. The molecule has 0 atom stereocenters. The fourth-order valence-electron chi connectivity index (χ4n) is 1.53. The van der Waals surface area contributed by atoms with E-state index in [1.54, 1.807) is 0 Å². The van der Waals surface area contributed by atoms with Gasteiger partial charge in [0.25, 0.3) is 0 Å². The molecule has 2 heterocycles. The molecule has 0 aliphatic rings. The van der Waals surface area contributed by atoms with Gasteiger partial charge < -0.3 is 9.84 Å². The van der Waals surface area contributed by atoms with Gasteiger partial charge in [0.1, 0.15) is 17.9 Å². The third kappa shape index (κ3) is 2.46. The van der Waals surface area contributed by atoms with Crippen molar-refractivity contribution >= 4 is 0 Å². The van der Waals surface area contributed by atoms with Crippen LogP contribution in [0.1, 0.15) is 22.8 Å². The molecule has 0 saturated carbocycles. The van der Waals surface area contributed by atoms with Crippen LogP contribution in [-0.2, 0) is 13.0 Å². The molecule has 0 aromatic carbocycles. The number of hydrogen-bond donors (Lipinski definition) is 2. The minimum atomic E-state index is 0.773. The number of hydrogen-bond acceptors (Lipinski definition) is 5. The molecule has 16 heavy (non-hydrogen) atoms. The first-order valence-corrected chi connectivity index (χ1v) is 5.24. The van der Waals surface area contributed by atoms with E-state index in [4.69, 9.17) is 4.52 Å². The van der Waals surface area contributed by atoms with Gasteiger partial charge in [-0.3, -0.25) is 5.10 Å². The van der Waals surface area contributed by atoms with Gasteiger partial charge in [0, 0.05) is 25.1 Å². The van der Waals surface area contributed by atoms with Gasteiger partial charge >= 0.3 is 0 Å². The number of nitrogens with one attached hydrogen (secondary N) is 2. The van der Waals surface area contributed by atoms with Crippen LogP contribution in [0.5, 0.6) is 0 Å². The molecule has 0 saturated heterocycles. The third-order valence-corrected chi connectivity index (χ3v) is 2.49. The molecule has 2 N–H and O–H groups in total. The fraction of sp³-hybridized carbons (Fsp3) is 0.500. The molecule has 6 heteroatoms. The summed E-state index contributed by atoms with van der Waals surface area (Å²) in [5, 5.41) is 13.8. The van der Waals surface area contributed by atoms with E-state index in [2.05, 4.69) is 25.7 Å². The number of aryl methyl sites for hydroxylation is 2. The highest BCUT2D eigenvalue weighted by molar-refractivity contribution is 5.20. The van der Waals surface area contributed by atoms with Gasteiger partial charge in [-0.1, -0.05) is 5.16 Å². The lowest BCUT2D eigenvalue weighted by molar-refractivity contribution is 0.392. The van der Waals surface area contributed by atoms with Crippen molar-refractivity contribution in [3.63, 3.8) is 0 Å². The molecular weight excluding hydrogens is 206 g/mol. The van der Waals surface area contributed by atoms with Crippen LogP contribution < -0.4 is 5.32 Å². The number of aromatic amines is 1. The highest BCUT2D eigenvalue weighted by atomic mass is 16.5. The number of rotatable bonds is 5. The highest BCUT2D eigenvalue weighted by Gasteiger charge is 2.07. The first kappa shape index (κ1) is 10.8. The third-order valence-electron chi connectivity index (χ3n) is 2.49. The van der Waals surface area contributed by atoms with E-state index in [1.165, 1.54) is 6.33 Å². The molecule has 2 aromatic rings. The smallest absolute Gasteiger partial charge is 0.138 e. The molecule has 0 aliphatic carbocycles. The molecule has 2 rings (SSSR count). The maximum Gasteiger partial charge on any atom is 0.138 e. The van der Waals surface area contributed by atoms with E-state index in [9.17, 15) is 0 Å². The summed E-state index contributed by atoms with van der Waals surface area (Å²) in [6.07, 6.45) is 2.35. The summed E-state index contributed by atoms with van der Waals surface area (Å²) in [4.78, 5) is 4.05. The maximum absolute atomic E-state index is 5.08. The summed E-state index contributed by atoms with van der Waals surface area (Å²) in [7, 11) is 0. The quantitative estimate of drug-likeness (QED) is 0.728. The molecule has 0 amide bonds. The summed E-state index contributed by atoms with van der Waals surface area (Å²) in [5.41, 5.74) is 2.09. The van der Waals surface area contributed by atoms with E-state index in [0.29, 0.717) is 0 Å². The summed E-state index contributed by atoms with van der Waals surface area (Å²) < 4.78 is 5.08. The Kier molecular flexibility index (Phi) is 3.31. The van der Waals surface area contributed by atoms with Crippen LogP contribution in [0.15, 0.2) is 10.9 Å². The van der Waals surface area contributed by atoms with Crippen molar-refractivity contribution in [2.24, 2.45) is 0 Å². The van der Waals surface area contributed by atoms with Crippen LogP contribution in [0.2, 0.25) is 0 Å². The predicted molar refractivity (Wildman–Crippen MR) is 57.8 cm³/mol. The molecule has 6 nitrogen and oxygen atoms in total. The average Bonchev–Trinajstić information content (AvgIpc) is 2.87. The SMILES string of the molecule is Cc1noc(C)c1CNCCc1ncn[nH]1. The van der Waals surface area contributed by atoms with Gasteiger partial charge in [0.15, 0.2) is 0 Å². The lowest BCUT2D eigenvalue weighted by Crippen LogP contribution is -2.17. The van der Waals surface area contributed by atoms with Crippen molar-refractivity contribution in [2.45, 2.75) is 26.8 Å². The van der Waals surface area contributed by atoms with Crippen molar-refractivity contribution in [3.05, 3.63) is 29.2 Å². The Hall–Kier alpha value is -1.69. The van der Waals surface area contributed by atoms with Crippen LogP contribution in [0.25, 0.3) is 0 Å². The lowest BCUT2D eigenvalue weighted by atomic mass is 10.2. The first-order valence-electron chi connectivity index (χ1n) is 5.24. The van der Waals surface area contributed by atoms with Crippen molar-refractivity contribution in [3.8, 4) is 0 Å². The average molecular weight is 221 g/mol. The molecule has 0 spiro atoms. The molecular formula is C10H15N5O. The second-order valence-corrected chi connectivity index (χ2v) is 3.66. The van der Waals surface area contributed by atoms with Gasteiger partial charge in [0.05, 0.1) is 5.69 Å². The topological polar surface area (TPSA) is 79.6 Å². The Morgan fingerprint density at radius 3 is 2.94 bits per heavy atom. The van der Waals surface area contributed by atoms with Gasteiger partial charge in [0.2, 0.25) is 0 Å². The van der Waals surface area contributed by atoms with Crippen LogP contribution >= 0.6 is 0 Å². The second kappa shape index (κ2) is 4.89. The van der Waals surface area contributed by atoms with E-state index in [0.717, 1.165) is 42.4 Å². The van der Waals surface area contributed by atoms with Crippen LogP contribution in [-0.4, -0.2) is 26.9 Å². The highest BCUT2D eigenvalue weighted by Crippen LogP contribution is 2.11. The molecule has 2 aromatic heterocycles. The van der Waals surface area contributed by atoms with Gasteiger partial charge in [-0.2, -0.15) is 5.10 Å². The Balaban J connectivity index is 1.76. The van der Waals surface area contributed by atoms with Crippen molar-refractivity contribution < 1.29 is 4.52 Å². The molecule has 0 bridgehead atoms. The van der Waals surface area contributed by atoms with E-state index in [1.807, 2.05) is 13.8 Å². The van der Waals surface area contributed by atoms with Crippen molar-refractivity contribution in [1.82, 2.24) is 25.7 Å². The first-order chi connectivity index (χ1) is 7.77. The number of aromatic nitrogens is 4. The predicted octanol–water partition coefficient (Wildman–Crippen LogP) is 0.742. The Morgan fingerprint density at radius 1 is 1.44 bits per heavy atom. The monoisotopic (exact) mass is 221 g/mol. The number of nitrogens with zero attached hydrogens (tertiary/aromatic N) is 3. The Morgan fingerprint density at radius 2 is 2.31 bits per heavy atom. The minimum absolute atomic E-state index is 0.773. The second-order valence-electron chi connectivity index (χ2n) is 3.66. The van der Waals surface area contributed by atoms with E-state index < -0.39 is 0 Å². The minimum Gasteiger partial charge on any atom is -0.361 e. The molecule has 0 fully saturated rings. The summed E-state index contributed by atoms with van der Waals surface area (Å²) in [5.74, 6) is 1.77. The Bertz CT molecular complexity index is 415. The van der Waals surface area contributed by atoms with Gasteiger partial charge in [-0.05, 0) is 13.8 Å². The zero-order chi connectivity index (χ0) is 11.4. The molecule has 0 unspecified atom stereocenters. The zero-order valence-electron chi connectivity index (χ0n) is 9.45. The number of H-pyrrole nitrogens is 1. The Labute approximate surface area is 93.4 Å². The van der Waals surface area contributed by atoms with E-state index >= 15 is 0 Å². The van der Waals surface area contributed by atoms with Crippen LogP contribution in [0.4, 0.5) is 0 Å². The van der Waals surface area contributed by atoms with Crippen molar-refractivity contribution in [2.75, 3.05) is 6.54 Å². The zero-order valence-corrected chi connectivity index (χ0v) is 9.45.